The van der Waals surface area contributed by atoms with E-state index >= 15 is 0 Å². The summed E-state index contributed by atoms with van der Waals surface area (Å²) in [6.45, 7) is 3.54. The second-order valence-electron chi connectivity index (χ2n) is 9.48. The predicted octanol–water partition coefficient (Wildman–Crippen LogP) is 2.39. The highest BCUT2D eigenvalue weighted by molar-refractivity contribution is 5.82. The van der Waals surface area contributed by atoms with Crippen LogP contribution in [0.3, 0.4) is 0 Å². The number of amides is 2. The minimum Gasteiger partial charge on any atom is -0.480 e. The number of rotatable bonds is 8. The van der Waals surface area contributed by atoms with Crippen molar-refractivity contribution >= 4 is 11.8 Å². The monoisotopic (exact) mass is 463 g/mol. The summed E-state index contributed by atoms with van der Waals surface area (Å²) in [5, 5.41) is 3.00. The fourth-order valence-corrected chi connectivity index (χ4v) is 4.76. The van der Waals surface area contributed by atoms with Crippen LogP contribution in [0.2, 0.25) is 0 Å². The summed E-state index contributed by atoms with van der Waals surface area (Å²) in [6, 6.07) is 18.3. The van der Waals surface area contributed by atoms with Crippen molar-refractivity contribution in [1.82, 2.24) is 15.1 Å². The second-order valence-corrected chi connectivity index (χ2v) is 9.48. The largest absolute Gasteiger partial charge is 0.480 e. The van der Waals surface area contributed by atoms with Gasteiger partial charge in [0.15, 0.2) is 6.10 Å². The summed E-state index contributed by atoms with van der Waals surface area (Å²) >= 11 is 0. The molecule has 180 valence electrons. The third-order valence-electron chi connectivity index (χ3n) is 6.74. The Hall–Kier alpha value is -2.90. The van der Waals surface area contributed by atoms with Crippen LogP contribution in [0.4, 0.5) is 0 Å². The molecule has 1 N–H and O–H groups in total. The Morgan fingerprint density at radius 3 is 2.65 bits per heavy atom. The van der Waals surface area contributed by atoms with E-state index in [2.05, 4.69) is 22.3 Å². The van der Waals surface area contributed by atoms with E-state index in [1.165, 1.54) is 5.56 Å². The standard InChI is InChI=1S/C27H33N3O4/c31-26(30(22-11-12-22)17-20-7-2-1-3-8-20)19-29-13-6-14-33-23(18-29)16-28-27(32)25-15-21-9-4-5-10-24(21)34-25/h1-5,7-10,22-23,25H,6,11-19H2,(H,28,32). The molecule has 2 aromatic carbocycles. The molecule has 2 heterocycles. The Labute approximate surface area is 201 Å². The van der Waals surface area contributed by atoms with Crippen molar-refractivity contribution in [2.24, 2.45) is 0 Å². The second kappa shape index (κ2) is 10.6. The first kappa shape index (κ1) is 22.9. The molecule has 7 nitrogen and oxygen atoms in total. The van der Waals surface area contributed by atoms with Crippen LogP contribution in [0.5, 0.6) is 5.75 Å². The molecule has 2 amide bonds. The van der Waals surface area contributed by atoms with Gasteiger partial charge in [0, 0.05) is 45.2 Å². The number of fused-ring (bicyclic) bond motifs is 1. The molecule has 0 aromatic heterocycles. The van der Waals surface area contributed by atoms with E-state index in [-0.39, 0.29) is 17.9 Å². The van der Waals surface area contributed by atoms with Crippen LogP contribution in [0, 0.1) is 0 Å². The molecule has 3 aliphatic rings. The van der Waals surface area contributed by atoms with E-state index < -0.39 is 6.10 Å². The zero-order chi connectivity index (χ0) is 23.3. The Bertz CT molecular complexity index is 969. The smallest absolute Gasteiger partial charge is 0.261 e. The first-order valence-electron chi connectivity index (χ1n) is 12.4. The van der Waals surface area contributed by atoms with Gasteiger partial charge < -0.3 is 19.7 Å². The van der Waals surface area contributed by atoms with Crippen molar-refractivity contribution in [1.29, 1.82) is 0 Å². The van der Waals surface area contributed by atoms with Crippen LogP contribution in [0.1, 0.15) is 30.4 Å². The lowest BCUT2D eigenvalue weighted by Gasteiger charge is -2.28. The Morgan fingerprint density at radius 2 is 1.85 bits per heavy atom. The van der Waals surface area contributed by atoms with Gasteiger partial charge in [0.2, 0.25) is 5.91 Å². The van der Waals surface area contributed by atoms with Crippen LogP contribution in [-0.2, 0) is 27.3 Å². The molecule has 2 unspecified atom stereocenters. The average molecular weight is 464 g/mol. The van der Waals surface area contributed by atoms with Gasteiger partial charge in [-0.05, 0) is 36.5 Å². The molecule has 0 radical (unpaired) electrons. The van der Waals surface area contributed by atoms with Crippen LogP contribution in [0.25, 0.3) is 0 Å². The van der Waals surface area contributed by atoms with Gasteiger partial charge in [-0.2, -0.15) is 0 Å². The van der Waals surface area contributed by atoms with E-state index in [4.69, 9.17) is 9.47 Å². The summed E-state index contributed by atoms with van der Waals surface area (Å²) in [4.78, 5) is 30.1. The van der Waals surface area contributed by atoms with Crippen LogP contribution >= 0.6 is 0 Å². The zero-order valence-electron chi connectivity index (χ0n) is 19.5. The van der Waals surface area contributed by atoms with Gasteiger partial charge in [-0.15, -0.1) is 0 Å². The number of hydrogen-bond acceptors (Lipinski definition) is 5. The zero-order valence-corrected chi connectivity index (χ0v) is 19.5. The van der Waals surface area contributed by atoms with Gasteiger partial charge in [0.25, 0.3) is 5.91 Å². The van der Waals surface area contributed by atoms with E-state index in [0.717, 1.165) is 37.1 Å². The number of nitrogens with one attached hydrogen (secondary N) is 1. The van der Waals surface area contributed by atoms with E-state index in [1.54, 1.807) is 0 Å². The van der Waals surface area contributed by atoms with E-state index in [0.29, 0.717) is 45.2 Å². The third kappa shape index (κ3) is 5.77. The molecule has 2 aromatic rings. The maximum absolute atomic E-state index is 13.2. The minimum absolute atomic E-state index is 0.116. The van der Waals surface area contributed by atoms with Gasteiger partial charge in [0.05, 0.1) is 12.6 Å². The fraction of sp³-hybridized carbons (Fsp3) is 0.481. The van der Waals surface area contributed by atoms with Gasteiger partial charge in [0.1, 0.15) is 5.75 Å². The summed E-state index contributed by atoms with van der Waals surface area (Å²) in [5.41, 5.74) is 2.23. The molecule has 34 heavy (non-hydrogen) atoms. The lowest BCUT2D eigenvalue weighted by atomic mass is 10.1. The Balaban J connectivity index is 1.12. The van der Waals surface area contributed by atoms with Crippen molar-refractivity contribution < 1.29 is 19.1 Å². The van der Waals surface area contributed by atoms with Crippen LogP contribution in [0.15, 0.2) is 54.6 Å². The Morgan fingerprint density at radius 1 is 1.06 bits per heavy atom. The molecule has 5 rings (SSSR count). The number of carbonyl (C=O) groups is 2. The highest BCUT2D eigenvalue weighted by Crippen LogP contribution is 2.29. The first-order chi connectivity index (χ1) is 16.7. The van der Waals surface area contributed by atoms with Crippen LogP contribution in [-0.4, -0.2) is 72.6 Å². The summed E-state index contributed by atoms with van der Waals surface area (Å²) < 4.78 is 11.8. The van der Waals surface area contributed by atoms with Crippen molar-refractivity contribution in [3.05, 3.63) is 65.7 Å². The normalized spacial score (nSPS) is 22.4. The number of benzene rings is 2. The number of nitrogens with zero attached hydrogens (tertiary/aromatic N) is 2. The van der Waals surface area contributed by atoms with Gasteiger partial charge >= 0.3 is 0 Å². The van der Waals surface area contributed by atoms with Gasteiger partial charge in [-0.3, -0.25) is 14.5 Å². The minimum atomic E-state index is -0.494. The molecule has 0 spiro atoms. The van der Waals surface area contributed by atoms with E-state index in [9.17, 15) is 9.59 Å². The summed E-state index contributed by atoms with van der Waals surface area (Å²) in [7, 11) is 0. The van der Waals surface area contributed by atoms with E-state index in [1.807, 2.05) is 47.4 Å². The quantitative estimate of drug-likeness (QED) is 0.651. The molecule has 1 saturated heterocycles. The fourth-order valence-electron chi connectivity index (χ4n) is 4.76. The lowest BCUT2D eigenvalue weighted by molar-refractivity contribution is -0.134. The Kier molecular flexibility index (Phi) is 7.11. The molecule has 2 atom stereocenters. The summed E-state index contributed by atoms with van der Waals surface area (Å²) in [5.74, 6) is 0.844. The topological polar surface area (TPSA) is 71.1 Å². The average Bonchev–Trinajstić information content (AvgIpc) is 3.64. The number of ether oxygens (including phenoxy) is 2. The molecule has 0 bridgehead atoms. The SMILES string of the molecule is O=C(NCC1CN(CC(=O)N(Cc2ccccc2)C2CC2)CCCO1)C1Cc2ccccc2O1. The highest BCUT2D eigenvalue weighted by atomic mass is 16.5. The maximum Gasteiger partial charge on any atom is 0.261 e. The number of para-hydroxylation sites is 1. The van der Waals surface area contributed by atoms with Crippen LogP contribution < -0.4 is 10.1 Å². The molecule has 2 aliphatic heterocycles. The van der Waals surface area contributed by atoms with Gasteiger partial charge in [-0.1, -0.05) is 48.5 Å². The molecule has 2 fully saturated rings. The third-order valence-corrected chi connectivity index (χ3v) is 6.74. The van der Waals surface area contributed by atoms with Crippen molar-refractivity contribution in [3.8, 4) is 5.75 Å². The summed E-state index contributed by atoms with van der Waals surface area (Å²) in [6.07, 6.45) is 3.00. The first-order valence-corrected chi connectivity index (χ1v) is 12.4. The van der Waals surface area contributed by atoms with Crippen molar-refractivity contribution in [2.75, 3.05) is 32.8 Å². The van der Waals surface area contributed by atoms with Crippen molar-refractivity contribution in [3.63, 3.8) is 0 Å². The predicted molar refractivity (Wildman–Crippen MR) is 128 cm³/mol. The van der Waals surface area contributed by atoms with Crippen molar-refractivity contribution in [2.45, 2.75) is 50.5 Å². The van der Waals surface area contributed by atoms with Gasteiger partial charge in [-0.25, -0.2) is 0 Å². The molecule has 1 aliphatic carbocycles. The molecule has 7 heteroatoms. The number of carbonyl (C=O) groups excluding carboxylic acids is 2. The molecular formula is C27H33N3O4. The highest BCUT2D eigenvalue weighted by Gasteiger charge is 2.34. The number of hydrogen-bond donors (Lipinski definition) is 1. The molecular weight excluding hydrogens is 430 g/mol. The lowest BCUT2D eigenvalue weighted by Crippen LogP contribution is -2.47. The maximum atomic E-state index is 13.2. The molecule has 1 saturated carbocycles.